The molecule has 2 unspecified atom stereocenters. The first kappa shape index (κ1) is 20.1. The molecule has 1 aromatic carbocycles. The van der Waals surface area contributed by atoms with Crippen molar-refractivity contribution in [1.29, 1.82) is 0 Å². The minimum atomic E-state index is -0.215. The van der Waals surface area contributed by atoms with Crippen LogP contribution in [-0.2, 0) is 0 Å². The van der Waals surface area contributed by atoms with E-state index in [0.717, 1.165) is 43.5 Å². The van der Waals surface area contributed by atoms with Crippen molar-refractivity contribution in [3.05, 3.63) is 29.8 Å². The molecule has 2 aliphatic rings. The monoisotopic (exact) mass is 382 g/mol. The number of amides is 4. The fourth-order valence-corrected chi connectivity index (χ4v) is 3.68. The van der Waals surface area contributed by atoms with Crippen molar-refractivity contribution in [2.24, 2.45) is 11.8 Å². The molecule has 1 saturated heterocycles. The molecule has 0 bridgehead atoms. The normalized spacial score (nSPS) is 20.0. The zero-order valence-corrected chi connectivity index (χ0v) is 16.5. The van der Waals surface area contributed by atoms with E-state index in [1.165, 1.54) is 0 Å². The molecule has 3 N–H and O–H groups in total. The Kier molecular flexibility index (Phi) is 6.80. The third-order valence-corrected chi connectivity index (χ3v) is 5.50. The summed E-state index contributed by atoms with van der Waals surface area (Å²) in [5.41, 5.74) is 1.92. The summed E-state index contributed by atoms with van der Waals surface area (Å²) in [4.78, 5) is 26.6. The minimum Gasteiger partial charge on any atom is -0.338 e. The molecule has 4 amide bonds. The summed E-state index contributed by atoms with van der Waals surface area (Å²) in [7, 11) is 0. The second-order valence-corrected chi connectivity index (χ2v) is 7.96. The molecular formula is C22H30N4O2. The molecule has 0 spiro atoms. The number of piperidine rings is 1. The van der Waals surface area contributed by atoms with Gasteiger partial charge in [0.15, 0.2) is 0 Å². The molecule has 0 aromatic heterocycles. The maximum atomic E-state index is 12.6. The van der Waals surface area contributed by atoms with E-state index < -0.39 is 0 Å². The molecule has 0 radical (unpaired) electrons. The molecule has 150 valence electrons. The van der Waals surface area contributed by atoms with E-state index >= 15 is 0 Å². The largest absolute Gasteiger partial charge is 0.338 e. The molecule has 2 fully saturated rings. The van der Waals surface area contributed by atoms with Crippen LogP contribution in [0.15, 0.2) is 24.3 Å². The van der Waals surface area contributed by atoms with Crippen LogP contribution in [0.4, 0.5) is 15.3 Å². The van der Waals surface area contributed by atoms with Crippen LogP contribution >= 0.6 is 0 Å². The third kappa shape index (κ3) is 5.91. The summed E-state index contributed by atoms with van der Waals surface area (Å²) >= 11 is 0. The molecule has 3 rings (SSSR count). The number of carbonyl (C=O) groups excluding carboxylic acids is 2. The zero-order chi connectivity index (χ0) is 19.9. The van der Waals surface area contributed by atoms with E-state index in [-0.39, 0.29) is 24.0 Å². The fourth-order valence-electron chi connectivity index (χ4n) is 3.68. The summed E-state index contributed by atoms with van der Waals surface area (Å²) < 4.78 is 0. The SMILES string of the molecule is C#CCC(NC(=O)N1CCCC(CNC(=O)Nc2ccc(C)cc2)C1)C1CC1. The van der Waals surface area contributed by atoms with Gasteiger partial charge in [0.25, 0.3) is 0 Å². The molecule has 1 heterocycles. The van der Waals surface area contributed by atoms with Crippen molar-refractivity contribution in [1.82, 2.24) is 15.5 Å². The number of benzene rings is 1. The van der Waals surface area contributed by atoms with Gasteiger partial charge in [-0.15, -0.1) is 12.3 Å². The van der Waals surface area contributed by atoms with Gasteiger partial charge in [-0.05, 0) is 56.6 Å². The summed E-state index contributed by atoms with van der Waals surface area (Å²) in [6.07, 6.45) is 10.3. The number of hydrogen-bond donors (Lipinski definition) is 3. The molecule has 1 aliphatic heterocycles. The van der Waals surface area contributed by atoms with Crippen molar-refractivity contribution < 1.29 is 9.59 Å². The standard InChI is InChI=1S/C22H30N4O2/c1-3-5-20(18-9-10-18)25-22(28)26-13-4-6-17(15-26)14-23-21(27)24-19-11-7-16(2)8-12-19/h1,7-8,11-12,17-18,20H,4-6,9-10,13-15H2,2H3,(H,25,28)(H2,23,24,27). The van der Waals surface area contributed by atoms with Gasteiger partial charge < -0.3 is 20.9 Å². The van der Waals surface area contributed by atoms with Crippen LogP contribution in [0.25, 0.3) is 0 Å². The number of aryl methyl sites for hydroxylation is 1. The number of nitrogens with one attached hydrogen (secondary N) is 3. The number of rotatable bonds is 6. The fraction of sp³-hybridized carbons (Fsp3) is 0.545. The van der Waals surface area contributed by atoms with Crippen molar-refractivity contribution in [2.75, 3.05) is 25.0 Å². The topological polar surface area (TPSA) is 73.5 Å². The Morgan fingerprint density at radius 1 is 1.25 bits per heavy atom. The lowest BCUT2D eigenvalue weighted by molar-refractivity contribution is 0.160. The maximum Gasteiger partial charge on any atom is 0.319 e. The summed E-state index contributed by atoms with van der Waals surface area (Å²) in [6, 6.07) is 7.54. The highest BCUT2D eigenvalue weighted by atomic mass is 16.2. The lowest BCUT2D eigenvalue weighted by Crippen LogP contribution is -2.50. The van der Waals surface area contributed by atoms with Gasteiger partial charge in [0, 0.05) is 37.8 Å². The second-order valence-electron chi connectivity index (χ2n) is 7.96. The number of likely N-dealkylation sites (tertiary alicyclic amines) is 1. The predicted molar refractivity (Wildman–Crippen MR) is 111 cm³/mol. The van der Waals surface area contributed by atoms with Crippen molar-refractivity contribution in [2.45, 2.75) is 45.1 Å². The highest BCUT2D eigenvalue weighted by Gasteiger charge is 2.33. The Labute approximate surface area is 167 Å². The number of carbonyl (C=O) groups is 2. The van der Waals surface area contributed by atoms with Crippen LogP contribution in [-0.4, -0.2) is 42.6 Å². The number of hydrogen-bond acceptors (Lipinski definition) is 2. The lowest BCUT2D eigenvalue weighted by atomic mass is 9.98. The van der Waals surface area contributed by atoms with Gasteiger partial charge in [0.05, 0.1) is 0 Å². The quantitative estimate of drug-likeness (QED) is 0.660. The molecule has 1 saturated carbocycles. The number of anilines is 1. The molecule has 1 aliphatic carbocycles. The number of nitrogens with zero attached hydrogens (tertiary/aromatic N) is 1. The van der Waals surface area contributed by atoms with Gasteiger partial charge in [0.1, 0.15) is 0 Å². The maximum absolute atomic E-state index is 12.6. The van der Waals surface area contributed by atoms with Gasteiger partial charge in [0.2, 0.25) is 0 Å². The van der Waals surface area contributed by atoms with Crippen molar-refractivity contribution in [3.8, 4) is 12.3 Å². The molecule has 28 heavy (non-hydrogen) atoms. The second kappa shape index (κ2) is 9.50. The Morgan fingerprint density at radius 2 is 2.00 bits per heavy atom. The zero-order valence-electron chi connectivity index (χ0n) is 16.5. The smallest absolute Gasteiger partial charge is 0.319 e. The highest BCUT2D eigenvalue weighted by molar-refractivity contribution is 5.89. The highest BCUT2D eigenvalue weighted by Crippen LogP contribution is 2.34. The minimum absolute atomic E-state index is 0.0269. The average Bonchev–Trinajstić information content (AvgIpc) is 3.53. The Morgan fingerprint density at radius 3 is 2.68 bits per heavy atom. The van der Waals surface area contributed by atoms with Crippen LogP contribution < -0.4 is 16.0 Å². The first-order valence-electron chi connectivity index (χ1n) is 10.2. The summed E-state index contributed by atoms with van der Waals surface area (Å²) in [6.45, 7) is 3.97. The predicted octanol–water partition coefficient (Wildman–Crippen LogP) is 3.34. The van der Waals surface area contributed by atoms with E-state index in [1.807, 2.05) is 36.1 Å². The molecule has 1 aromatic rings. The summed E-state index contributed by atoms with van der Waals surface area (Å²) in [5.74, 6) is 3.47. The van der Waals surface area contributed by atoms with Crippen LogP contribution in [0.2, 0.25) is 0 Å². The molecular weight excluding hydrogens is 352 g/mol. The van der Waals surface area contributed by atoms with Gasteiger partial charge in [-0.3, -0.25) is 0 Å². The lowest BCUT2D eigenvalue weighted by Gasteiger charge is -2.34. The van der Waals surface area contributed by atoms with Crippen LogP contribution in [0.5, 0.6) is 0 Å². The van der Waals surface area contributed by atoms with Gasteiger partial charge in [-0.1, -0.05) is 17.7 Å². The first-order chi connectivity index (χ1) is 13.5. The van der Waals surface area contributed by atoms with E-state index in [9.17, 15) is 9.59 Å². The van der Waals surface area contributed by atoms with E-state index in [2.05, 4.69) is 21.9 Å². The van der Waals surface area contributed by atoms with Crippen LogP contribution in [0, 0.1) is 31.1 Å². The van der Waals surface area contributed by atoms with Gasteiger partial charge in [-0.25, -0.2) is 9.59 Å². The number of urea groups is 2. The first-order valence-corrected chi connectivity index (χ1v) is 10.2. The van der Waals surface area contributed by atoms with Crippen LogP contribution in [0.3, 0.4) is 0 Å². The summed E-state index contributed by atoms with van der Waals surface area (Å²) in [5, 5.41) is 8.89. The van der Waals surface area contributed by atoms with E-state index in [4.69, 9.17) is 6.42 Å². The average molecular weight is 383 g/mol. The molecule has 2 atom stereocenters. The van der Waals surface area contributed by atoms with E-state index in [1.54, 1.807) is 0 Å². The Bertz CT molecular complexity index is 721. The van der Waals surface area contributed by atoms with Crippen molar-refractivity contribution in [3.63, 3.8) is 0 Å². The van der Waals surface area contributed by atoms with Crippen LogP contribution in [0.1, 0.15) is 37.7 Å². The Hall–Kier alpha value is -2.68. The van der Waals surface area contributed by atoms with E-state index in [0.29, 0.717) is 25.4 Å². The van der Waals surface area contributed by atoms with Gasteiger partial charge in [-0.2, -0.15) is 0 Å². The van der Waals surface area contributed by atoms with Gasteiger partial charge >= 0.3 is 12.1 Å². The number of terminal acetylenes is 1. The molecule has 6 nitrogen and oxygen atoms in total. The van der Waals surface area contributed by atoms with Crippen molar-refractivity contribution >= 4 is 17.7 Å². The Balaban J connectivity index is 1.42. The third-order valence-electron chi connectivity index (χ3n) is 5.50. The molecule has 6 heteroatoms.